The van der Waals surface area contributed by atoms with E-state index < -0.39 is 0 Å². The molecule has 3 aliphatic rings. The summed E-state index contributed by atoms with van der Waals surface area (Å²) in [4.78, 5) is 25.5. The minimum atomic E-state index is -0.0903. The Morgan fingerprint density at radius 2 is 2.00 bits per heavy atom. The first-order valence-electron chi connectivity index (χ1n) is 6.89. The van der Waals surface area contributed by atoms with Crippen molar-refractivity contribution >= 4 is 23.2 Å². The second kappa shape index (κ2) is 3.49. The first-order chi connectivity index (χ1) is 9.01. The monoisotopic (exact) mass is 274 g/mol. The molecule has 0 radical (unpaired) electrons. The highest BCUT2D eigenvalue weighted by Crippen LogP contribution is 2.63. The van der Waals surface area contributed by atoms with Crippen LogP contribution >= 0.6 is 11.6 Å². The van der Waals surface area contributed by atoms with Gasteiger partial charge in [0.15, 0.2) is 11.6 Å². The van der Waals surface area contributed by atoms with Crippen LogP contribution in [0.2, 0.25) is 5.02 Å². The van der Waals surface area contributed by atoms with Crippen molar-refractivity contribution in [2.24, 2.45) is 23.2 Å². The van der Waals surface area contributed by atoms with Crippen LogP contribution in [0.15, 0.2) is 18.2 Å². The molecule has 0 amide bonds. The zero-order valence-corrected chi connectivity index (χ0v) is 11.5. The Kier molecular flexibility index (Phi) is 2.14. The lowest BCUT2D eigenvalue weighted by molar-refractivity contribution is 0.0573. The van der Waals surface area contributed by atoms with Crippen molar-refractivity contribution in [1.29, 1.82) is 0 Å². The maximum absolute atomic E-state index is 12.8. The second-order valence-electron chi connectivity index (χ2n) is 6.58. The Morgan fingerprint density at radius 3 is 2.79 bits per heavy atom. The molecule has 4 unspecified atom stereocenters. The average Bonchev–Trinajstić information content (AvgIpc) is 2.89. The molecule has 0 heterocycles. The van der Waals surface area contributed by atoms with Crippen molar-refractivity contribution in [2.75, 3.05) is 0 Å². The molecule has 2 nitrogen and oxygen atoms in total. The van der Waals surface area contributed by atoms with E-state index in [2.05, 4.69) is 6.92 Å². The predicted molar refractivity (Wildman–Crippen MR) is 72.5 cm³/mol. The van der Waals surface area contributed by atoms with E-state index in [1.54, 1.807) is 18.2 Å². The number of hydrogen-bond acceptors (Lipinski definition) is 2. The standard InChI is InChI=1S/C16H15ClO2/c1-16-5-4-8(7-16)12-13(16)15(19)10-3-2-9(17)6-11(10)14(12)18/h2-3,6,8,12-13H,4-5,7H2,1H3. The Hall–Kier alpha value is -1.15. The zero-order chi connectivity index (χ0) is 13.4. The number of ketones is 2. The van der Waals surface area contributed by atoms with Crippen LogP contribution in [-0.4, -0.2) is 11.6 Å². The number of fused-ring (bicyclic) bond motifs is 6. The topological polar surface area (TPSA) is 34.1 Å². The van der Waals surface area contributed by atoms with Gasteiger partial charge in [-0.2, -0.15) is 0 Å². The molecule has 19 heavy (non-hydrogen) atoms. The first kappa shape index (κ1) is 11.7. The van der Waals surface area contributed by atoms with E-state index in [1.165, 1.54) is 0 Å². The normalized spacial score (nSPS) is 39.4. The van der Waals surface area contributed by atoms with Gasteiger partial charge in [-0.1, -0.05) is 18.5 Å². The summed E-state index contributed by atoms with van der Waals surface area (Å²) in [6.07, 6.45) is 3.20. The largest absolute Gasteiger partial charge is 0.294 e. The summed E-state index contributed by atoms with van der Waals surface area (Å²) >= 11 is 5.98. The van der Waals surface area contributed by atoms with Crippen molar-refractivity contribution in [3.63, 3.8) is 0 Å². The van der Waals surface area contributed by atoms with Gasteiger partial charge in [-0.3, -0.25) is 9.59 Å². The summed E-state index contributed by atoms with van der Waals surface area (Å²) < 4.78 is 0. The van der Waals surface area contributed by atoms with Gasteiger partial charge in [0.05, 0.1) is 0 Å². The highest BCUT2D eigenvalue weighted by atomic mass is 35.5. The van der Waals surface area contributed by atoms with Crippen LogP contribution in [0.25, 0.3) is 0 Å². The van der Waals surface area contributed by atoms with Gasteiger partial charge in [0, 0.05) is 28.0 Å². The minimum absolute atomic E-state index is 0.0411. The molecule has 1 aromatic rings. The van der Waals surface area contributed by atoms with Crippen molar-refractivity contribution in [3.05, 3.63) is 34.3 Å². The summed E-state index contributed by atoms with van der Waals surface area (Å²) in [7, 11) is 0. The average molecular weight is 275 g/mol. The van der Waals surface area contributed by atoms with E-state index in [-0.39, 0.29) is 28.8 Å². The highest BCUT2D eigenvalue weighted by molar-refractivity contribution is 6.31. The summed E-state index contributed by atoms with van der Waals surface area (Å²) in [6.45, 7) is 2.18. The van der Waals surface area contributed by atoms with Crippen LogP contribution < -0.4 is 0 Å². The molecule has 3 aliphatic carbocycles. The van der Waals surface area contributed by atoms with Crippen LogP contribution in [0.3, 0.4) is 0 Å². The van der Waals surface area contributed by atoms with Gasteiger partial charge in [-0.25, -0.2) is 0 Å². The smallest absolute Gasteiger partial charge is 0.167 e. The van der Waals surface area contributed by atoms with Gasteiger partial charge < -0.3 is 0 Å². The van der Waals surface area contributed by atoms with E-state index >= 15 is 0 Å². The van der Waals surface area contributed by atoms with Crippen LogP contribution in [-0.2, 0) is 0 Å². The summed E-state index contributed by atoms with van der Waals surface area (Å²) in [5.41, 5.74) is 1.18. The first-order valence-corrected chi connectivity index (χ1v) is 7.27. The van der Waals surface area contributed by atoms with Gasteiger partial charge in [0.1, 0.15) is 0 Å². The van der Waals surface area contributed by atoms with Crippen molar-refractivity contribution in [1.82, 2.24) is 0 Å². The maximum atomic E-state index is 12.8. The quantitative estimate of drug-likeness (QED) is 0.722. The van der Waals surface area contributed by atoms with E-state index in [1.807, 2.05) is 0 Å². The maximum Gasteiger partial charge on any atom is 0.167 e. The molecule has 0 N–H and O–H groups in total. The Balaban J connectivity index is 1.93. The Morgan fingerprint density at radius 1 is 1.21 bits per heavy atom. The van der Waals surface area contributed by atoms with Crippen LogP contribution in [0.5, 0.6) is 0 Å². The molecule has 0 spiro atoms. The summed E-state index contributed by atoms with van der Waals surface area (Å²) in [6, 6.07) is 5.10. The third-order valence-corrected chi connectivity index (χ3v) is 5.77. The number of halogens is 1. The molecule has 0 saturated heterocycles. The van der Waals surface area contributed by atoms with Crippen molar-refractivity contribution < 1.29 is 9.59 Å². The van der Waals surface area contributed by atoms with Gasteiger partial charge in [0.2, 0.25) is 0 Å². The Bertz CT molecular complexity index is 621. The molecule has 0 aromatic heterocycles. The second-order valence-corrected chi connectivity index (χ2v) is 7.02. The van der Waals surface area contributed by atoms with E-state index in [4.69, 9.17) is 11.6 Å². The molecule has 2 saturated carbocycles. The number of carbonyl (C=O) groups is 2. The lowest BCUT2D eigenvalue weighted by atomic mass is 9.63. The van der Waals surface area contributed by atoms with Gasteiger partial charge >= 0.3 is 0 Å². The van der Waals surface area contributed by atoms with Crippen molar-refractivity contribution in [3.8, 4) is 0 Å². The summed E-state index contributed by atoms with van der Waals surface area (Å²) in [5, 5.41) is 0.535. The lowest BCUT2D eigenvalue weighted by Gasteiger charge is -2.38. The molecule has 4 rings (SSSR count). The molecule has 0 aliphatic heterocycles. The SMILES string of the molecule is CC12CCC(C1)C1C(=O)c3cc(Cl)ccc3C(=O)C12. The number of carbonyl (C=O) groups excluding carboxylic acids is 2. The van der Waals surface area contributed by atoms with Gasteiger partial charge in [0.25, 0.3) is 0 Å². The van der Waals surface area contributed by atoms with Crippen LogP contribution in [0, 0.1) is 23.2 Å². The molecule has 98 valence electrons. The van der Waals surface area contributed by atoms with E-state index in [9.17, 15) is 9.59 Å². The molecular weight excluding hydrogens is 260 g/mol. The minimum Gasteiger partial charge on any atom is -0.294 e. The number of hydrogen-bond donors (Lipinski definition) is 0. The fourth-order valence-corrected chi connectivity index (χ4v) is 4.91. The molecular formula is C16H15ClO2. The molecule has 3 heteroatoms. The number of benzene rings is 1. The van der Waals surface area contributed by atoms with Crippen molar-refractivity contribution in [2.45, 2.75) is 26.2 Å². The molecule has 2 fully saturated rings. The van der Waals surface area contributed by atoms with Crippen LogP contribution in [0.4, 0.5) is 0 Å². The van der Waals surface area contributed by atoms with Crippen LogP contribution in [0.1, 0.15) is 46.9 Å². The predicted octanol–water partition coefficient (Wildman–Crippen LogP) is 3.77. The fourth-order valence-electron chi connectivity index (χ4n) is 4.74. The van der Waals surface area contributed by atoms with E-state index in [0.717, 1.165) is 19.3 Å². The number of rotatable bonds is 0. The third kappa shape index (κ3) is 1.33. The molecule has 1 aromatic carbocycles. The number of Topliss-reactive ketones (excluding diaryl/α,β-unsaturated/α-hetero) is 2. The fraction of sp³-hybridized carbons (Fsp3) is 0.500. The Labute approximate surface area is 117 Å². The zero-order valence-electron chi connectivity index (χ0n) is 10.8. The van der Waals surface area contributed by atoms with E-state index in [0.29, 0.717) is 22.1 Å². The molecule has 2 bridgehead atoms. The van der Waals surface area contributed by atoms with Gasteiger partial charge in [-0.15, -0.1) is 0 Å². The van der Waals surface area contributed by atoms with Gasteiger partial charge in [-0.05, 0) is 48.8 Å². The third-order valence-electron chi connectivity index (χ3n) is 5.53. The molecule has 4 atom stereocenters. The lowest BCUT2D eigenvalue weighted by Crippen LogP contribution is -2.43. The highest BCUT2D eigenvalue weighted by Gasteiger charge is 2.62. The summed E-state index contributed by atoms with van der Waals surface area (Å²) in [5.74, 6) is 0.541.